The molecule has 1 unspecified atom stereocenters. The van der Waals surface area contributed by atoms with Crippen molar-refractivity contribution < 1.29 is 18.0 Å². The summed E-state index contributed by atoms with van der Waals surface area (Å²) in [5, 5.41) is 6.16. The number of amides is 2. The van der Waals surface area contributed by atoms with Crippen LogP contribution in [0.5, 0.6) is 0 Å². The largest absolute Gasteiger partial charge is 0.416 e. The molecule has 0 spiro atoms. The van der Waals surface area contributed by atoms with Crippen molar-refractivity contribution in [2.75, 3.05) is 0 Å². The van der Waals surface area contributed by atoms with Gasteiger partial charge in [-0.05, 0) is 74.2 Å². The van der Waals surface area contributed by atoms with Gasteiger partial charge >= 0.3 is 12.2 Å². The number of carbonyl (C=O) groups excluding carboxylic acids is 1. The van der Waals surface area contributed by atoms with Crippen molar-refractivity contribution in [2.24, 2.45) is 0 Å². The van der Waals surface area contributed by atoms with E-state index >= 15 is 0 Å². The fourth-order valence-electron chi connectivity index (χ4n) is 5.72. The van der Waals surface area contributed by atoms with Gasteiger partial charge in [0.15, 0.2) is 0 Å². The lowest BCUT2D eigenvalue weighted by Crippen LogP contribution is -2.54. The van der Waals surface area contributed by atoms with Gasteiger partial charge in [0.05, 0.1) is 23.1 Å². The van der Waals surface area contributed by atoms with E-state index in [0.29, 0.717) is 11.3 Å². The van der Waals surface area contributed by atoms with Gasteiger partial charge in [0, 0.05) is 23.9 Å². The number of rotatable bonds is 7. The quantitative estimate of drug-likeness (QED) is 0.257. The molecule has 2 amide bonds. The average Bonchev–Trinajstić information content (AvgIpc) is 3.57. The van der Waals surface area contributed by atoms with Crippen LogP contribution in [0.4, 0.5) is 18.0 Å². The molecule has 0 bridgehead atoms. The Morgan fingerprint density at radius 3 is 2.20 bits per heavy atom. The number of alkyl halides is 3. The standard InChI is InChI=1S/C32H33F3N4O/c1-22-15-16-23(2)39(22)28-17-18-29(36-21-28)31(20-24-9-4-3-5-10-24,38-30(40)37-27-13-6-7-14-27)25-11-8-12-26(19-25)32(33,34)35/h3-5,8-12,15-19,21,27H,6-7,13-14,20H2,1-2H3,(H2,37,38,40). The Kier molecular flexibility index (Phi) is 7.70. The van der Waals surface area contributed by atoms with Gasteiger partial charge < -0.3 is 15.2 Å². The molecule has 1 aliphatic carbocycles. The molecule has 1 saturated carbocycles. The summed E-state index contributed by atoms with van der Waals surface area (Å²) in [6.07, 6.45) is 1.21. The Labute approximate surface area is 232 Å². The number of hydrogen-bond acceptors (Lipinski definition) is 2. The van der Waals surface area contributed by atoms with Gasteiger partial charge in [0.1, 0.15) is 5.54 Å². The number of halogens is 3. The number of pyridine rings is 1. The highest BCUT2D eigenvalue weighted by atomic mass is 19.4. The van der Waals surface area contributed by atoms with E-state index in [2.05, 4.69) is 15.2 Å². The Morgan fingerprint density at radius 1 is 0.900 bits per heavy atom. The maximum absolute atomic E-state index is 13.9. The maximum atomic E-state index is 13.9. The molecule has 0 aliphatic heterocycles. The highest BCUT2D eigenvalue weighted by molar-refractivity contribution is 5.76. The fraction of sp³-hybridized carbons (Fsp3) is 0.312. The zero-order valence-electron chi connectivity index (χ0n) is 22.6. The third-order valence-corrected chi connectivity index (χ3v) is 7.73. The normalized spacial score (nSPS) is 15.5. The van der Waals surface area contributed by atoms with Crippen molar-refractivity contribution in [1.29, 1.82) is 0 Å². The lowest BCUT2D eigenvalue weighted by molar-refractivity contribution is -0.137. The summed E-state index contributed by atoms with van der Waals surface area (Å²) in [4.78, 5) is 18.3. The minimum absolute atomic E-state index is 0.0333. The molecule has 2 heterocycles. The van der Waals surface area contributed by atoms with Crippen molar-refractivity contribution >= 4 is 6.03 Å². The summed E-state index contributed by atoms with van der Waals surface area (Å²) in [6, 6.07) is 21.9. The van der Waals surface area contributed by atoms with Crippen LogP contribution in [0.3, 0.4) is 0 Å². The molecule has 5 nitrogen and oxygen atoms in total. The second kappa shape index (κ2) is 11.2. The van der Waals surface area contributed by atoms with Crippen molar-refractivity contribution in [1.82, 2.24) is 20.2 Å². The lowest BCUT2D eigenvalue weighted by atomic mass is 9.80. The van der Waals surface area contributed by atoms with E-state index < -0.39 is 23.3 Å². The summed E-state index contributed by atoms with van der Waals surface area (Å²) in [7, 11) is 0. The molecule has 8 heteroatoms. The van der Waals surface area contributed by atoms with E-state index in [-0.39, 0.29) is 12.5 Å². The third kappa shape index (κ3) is 5.76. The van der Waals surface area contributed by atoms with E-state index in [1.54, 1.807) is 18.3 Å². The van der Waals surface area contributed by atoms with Crippen LogP contribution in [0.2, 0.25) is 0 Å². The van der Waals surface area contributed by atoms with Crippen LogP contribution < -0.4 is 10.6 Å². The van der Waals surface area contributed by atoms with Gasteiger partial charge in [-0.2, -0.15) is 13.2 Å². The van der Waals surface area contributed by atoms with Crippen molar-refractivity contribution in [3.05, 3.63) is 119 Å². The van der Waals surface area contributed by atoms with E-state index in [4.69, 9.17) is 4.98 Å². The number of nitrogens with one attached hydrogen (secondary N) is 2. The van der Waals surface area contributed by atoms with E-state index in [1.807, 2.05) is 62.4 Å². The second-order valence-electron chi connectivity index (χ2n) is 10.6. The van der Waals surface area contributed by atoms with Gasteiger partial charge in [0.2, 0.25) is 0 Å². The van der Waals surface area contributed by atoms with Gasteiger partial charge in [-0.3, -0.25) is 4.98 Å². The number of nitrogens with zero attached hydrogens (tertiary/aromatic N) is 2. The molecule has 208 valence electrons. The number of aryl methyl sites for hydroxylation is 2. The van der Waals surface area contributed by atoms with E-state index in [1.165, 1.54) is 6.07 Å². The molecule has 1 atom stereocenters. The Balaban J connectivity index is 1.65. The maximum Gasteiger partial charge on any atom is 0.416 e. The zero-order chi connectivity index (χ0) is 28.3. The van der Waals surface area contributed by atoms with Crippen molar-refractivity contribution in [3.8, 4) is 5.69 Å². The molecule has 4 aromatic rings. The molecule has 0 radical (unpaired) electrons. The minimum Gasteiger partial charge on any atom is -0.335 e. The molecule has 5 rings (SSSR count). The Morgan fingerprint density at radius 2 is 1.57 bits per heavy atom. The smallest absolute Gasteiger partial charge is 0.335 e. The fourth-order valence-corrected chi connectivity index (χ4v) is 5.72. The summed E-state index contributed by atoms with van der Waals surface area (Å²) < 4.78 is 43.7. The van der Waals surface area contributed by atoms with Crippen LogP contribution in [-0.4, -0.2) is 21.6 Å². The van der Waals surface area contributed by atoms with Gasteiger partial charge in [-0.15, -0.1) is 0 Å². The highest BCUT2D eigenvalue weighted by Crippen LogP contribution is 2.37. The first kappa shape index (κ1) is 27.5. The van der Waals surface area contributed by atoms with E-state index in [0.717, 1.165) is 60.5 Å². The highest BCUT2D eigenvalue weighted by Gasteiger charge is 2.40. The molecular formula is C32H33F3N4O. The molecule has 2 aromatic carbocycles. The SMILES string of the molecule is Cc1ccc(C)n1-c1ccc(C(Cc2ccccc2)(NC(=O)NC2CCCC2)c2cccc(C(F)(F)F)c2)nc1. The first-order valence-corrected chi connectivity index (χ1v) is 13.6. The topological polar surface area (TPSA) is 59.0 Å². The van der Waals surface area contributed by atoms with Gasteiger partial charge in [-0.25, -0.2) is 4.79 Å². The van der Waals surface area contributed by atoms with Crippen LogP contribution in [0.15, 0.2) is 85.1 Å². The Hall–Kier alpha value is -4.07. The Bertz CT molecular complexity index is 1440. The molecule has 2 aromatic heterocycles. The number of aromatic nitrogens is 2. The predicted octanol–water partition coefficient (Wildman–Crippen LogP) is 7.24. The van der Waals surface area contributed by atoms with Crippen molar-refractivity contribution in [3.63, 3.8) is 0 Å². The first-order valence-electron chi connectivity index (χ1n) is 13.6. The zero-order valence-corrected chi connectivity index (χ0v) is 22.6. The van der Waals surface area contributed by atoms with Gasteiger partial charge in [0.25, 0.3) is 0 Å². The number of benzene rings is 2. The van der Waals surface area contributed by atoms with Gasteiger partial charge in [-0.1, -0.05) is 55.3 Å². The monoisotopic (exact) mass is 546 g/mol. The van der Waals surface area contributed by atoms with E-state index in [9.17, 15) is 18.0 Å². The van der Waals surface area contributed by atoms with Crippen LogP contribution in [-0.2, 0) is 18.1 Å². The number of carbonyl (C=O) groups is 1. The molecule has 0 saturated heterocycles. The van der Waals surface area contributed by atoms with Crippen LogP contribution in [0.1, 0.15) is 59.5 Å². The molecule has 2 N–H and O–H groups in total. The first-order chi connectivity index (χ1) is 19.2. The average molecular weight is 547 g/mol. The number of urea groups is 1. The molecular weight excluding hydrogens is 513 g/mol. The summed E-state index contributed by atoms with van der Waals surface area (Å²) in [5.41, 5.74) is 2.36. The van der Waals surface area contributed by atoms with Crippen LogP contribution in [0, 0.1) is 13.8 Å². The summed E-state index contributed by atoms with van der Waals surface area (Å²) in [5.74, 6) is 0. The molecule has 1 fully saturated rings. The van der Waals surface area contributed by atoms with Crippen molar-refractivity contribution in [2.45, 2.75) is 63.7 Å². The second-order valence-corrected chi connectivity index (χ2v) is 10.6. The molecule has 1 aliphatic rings. The van der Waals surface area contributed by atoms with Crippen LogP contribution in [0.25, 0.3) is 5.69 Å². The minimum atomic E-state index is -4.54. The third-order valence-electron chi connectivity index (χ3n) is 7.73. The lowest BCUT2D eigenvalue weighted by Gasteiger charge is -2.36. The molecule has 40 heavy (non-hydrogen) atoms. The summed E-state index contributed by atoms with van der Waals surface area (Å²) in [6.45, 7) is 4.00. The predicted molar refractivity (Wildman–Crippen MR) is 149 cm³/mol. The number of hydrogen-bond donors (Lipinski definition) is 2. The van der Waals surface area contributed by atoms with Crippen LogP contribution >= 0.6 is 0 Å². The summed E-state index contributed by atoms with van der Waals surface area (Å²) >= 11 is 0.